The van der Waals surface area contributed by atoms with E-state index in [9.17, 15) is 9.59 Å². The Bertz CT molecular complexity index is 456. The summed E-state index contributed by atoms with van der Waals surface area (Å²) in [7, 11) is 0. The van der Waals surface area contributed by atoms with E-state index < -0.39 is 0 Å². The van der Waals surface area contributed by atoms with Gasteiger partial charge in [-0.05, 0) is 16.9 Å². The molecule has 1 N–H and O–H groups in total. The summed E-state index contributed by atoms with van der Waals surface area (Å²) < 4.78 is 5.50. The molecule has 1 rings (SSSR count). The molecule has 0 unspecified atom stereocenters. The van der Waals surface area contributed by atoms with Crippen LogP contribution in [-0.4, -0.2) is 11.7 Å². The van der Waals surface area contributed by atoms with E-state index in [0.29, 0.717) is 24.5 Å². The molecule has 1 aromatic rings. The topological polar surface area (TPSA) is 59.3 Å². The van der Waals surface area contributed by atoms with Gasteiger partial charge in [0.05, 0.1) is 6.42 Å². The maximum Gasteiger partial charge on any atom is 0.227 e. The quantitative estimate of drug-likeness (QED) is 0.885. The molecule has 1 amide bonds. The van der Waals surface area contributed by atoms with Crippen molar-refractivity contribution >= 4 is 17.6 Å². The third-order valence-electron chi connectivity index (χ3n) is 2.71. The zero-order valence-corrected chi connectivity index (χ0v) is 14.0. The van der Waals surface area contributed by atoms with Crippen LogP contribution >= 0.6 is 0 Å². The number of furan rings is 1. The molecule has 0 aliphatic heterocycles. The zero-order valence-electron chi connectivity index (χ0n) is 14.0. The molecule has 118 valence electrons. The van der Waals surface area contributed by atoms with Crippen molar-refractivity contribution in [1.29, 1.82) is 0 Å². The van der Waals surface area contributed by atoms with Crippen LogP contribution in [0.4, 0.5) is 5.88 Å². The number of hydrogen-bond donors (Lipinski definition) is 1. The fraction of sp³-hybridized carbons (Fsp3) is 0.647. The van der Waals surface area contributed by atoms with Crippen molar-refractivity contribution < 1.29 is 14.0 Å². The van der Waals surface area contributed by atoms with Gasteiger partial charge >= 0.3 is 0 Å². The Morgan fingerprint density at radius 2 is 1.57 bits per heavy atom. The first kappa shape index (κ1) is 17.5. The Labute approximate surface area is 127 Å². The van der Waals surface area contributed by atoms with E-state index in [1.54, 1.807) is 12.1 Å². The van der Waals surface area contributed by atoms with Gasteiger partial charge in [0.1, 0.15) is 11.5 Å². The summed E-state index contributed by atoms with van der Waals surface area (Å²) in [5.41, 5.74) is -0.0877. The summed E-state index contributed by atoms with van der Waals surface area (Å²) >= 11 is 0. The molecule has 0 bridgehead atoms. The van der Waals surface area contributed by atoms with E-state index in [2.05, 4.69) is 5.32 Å². The molecule has 1 heterocycles. The van der Waals surface area contributed by atoms with Gasteiger partial charge in [0.2, 0.25) is 5.91 Å². The average molecular weight is 293 g/mol. The Hall–Kier alpha value is -1.58. The molecule has 0 radical (unpaired) electrons. The van der Waals surface area contributed by atoms with Crippen LogP contribution in [0, 0.1) is 10.8 Å². The van der Waals surface area contributed by atoms with Gasteiger partial charge < -0.3 is 4.42 Å². The fourth-order valence-corrected chi connectivity index (χ4v) is 2.05. The second-order valence-corrected chi connectivity index (χ2v) is 8.00. The van der Waals surface area contributed by atoms with E-state index in [1.807, 2.05) is 41.5 Å². The maximum atomic E-state index is 11.9. The molecule has 0 fully saturated rings. The van der Waals surface area contributed by atoms with E-state index in [4.69, 9.17) is 4.42 Å². The Balaban J connectivity index is 2.54. The summed E-state index contributed by atoms with van der Waals surface area (Å²) in [5, 5.41) is 2.72. The number of carbonyl (C=O) groups excluding carboxylic acids is 2. The van der Waals surface area contributed by atoms with Crippen molar-refractivity contribution in [2.75, 3.05) is 5.32 Å². The first-order valence-corrected chi connectivity index (χ1v) is 7.35. The maximum absolute atomic E-state index is 11.9. The third kappa shape index (κ3) is 7.69. The minimum atomic E-state index is -0.0792. The molecule has 21 heavy (non-hydrogen) atoms. The lowest BCUT2D eigenvalue weighted by Gasteiger charge is -2.16. The highest BCUT2D eigenvalue weighted by Gasteiger charge is 2.19. The molecular weight excluding hydrogens is 266 g/mol. The third-order valence-corrected chi connectivity index (χ3v) is 2.71. The van der Waals surface area contributed by atoms with Crippen LogP contribution in [-0.2, 0) is 16.0 Å². The van der Waals surface area contributed by atoms with Crippen LogP contribution in [0.15, 0.2) is 16.5 Å². The second kappa shape index (κ2) is 6.46. The number of carbonyl (C=O) groups is 2. The van der Waals surface area contributed by atoms with Gasteiger partial charge in [-0.15, -0.1) is 0 Å². The Morgan fingerprint density at radius 1 is 1.00 bits per heavy atom. The van der Waals surface area contributed by atoms with Crippen LogP contribution in [0.25, 0.3) is 0 Å². The van der Waals surface area contributed by atoms with Gasteiger partial charge in [0.15, 0.2) is 5.88 Å². The van der Waals surface area contributed by atoms with E-state index in [0.717, 1.165) is 0 Å². The Kier molecular flexibility index (Phi) is 5.37. The highest BCUT2D eigenvalue weighted by Crippen LogP contribution is 2.23. The largest absolute Gasteiger partial charge is 0.445 e. The zero-order chi connectivity index (χ0) is 16.3. The monoisotopic (exact) mass is 293 g/mol. The lowest BCUT2D eigenvalue weighted by Crippen LogP contribution is -2.19. The molecule has 0 spiro atoms. The lowest BCUT2D eigenvalue weighted by molar-refractivity contribution is -0.120. The van der Waals surface area contributed by atoms with Crippen molar-refractivity contribution in [3.05, 3.63) is 17.9 Å². The Morgan fingerprint density at radius 3 is 2.10 bits per heavy atom. The number of amides is 1. The van der Waals surface area contributed by atoms with E-state index in [1.165, 1.54) is 0 Å². The summed E-state index contributed by atoms with van der Waals surface area (Å²) in [5.74, 6) is 1.06. The molecule has 0 aliphatic carbocycles. The van der Waals surface area contributed by atoms with Gasteiger partial charge in [0, 0.05) is 18.9 Å². The summed E-state index contributed by atoms with van der Waals surface area (Å²) in [6, 6.07) is 3.44. The second-order valence-electron chi connectivity index (χ2n) is 8.00. The number of anilines is 1. The normalized spacial score (nSPS) is 12.3. The van der Waals surface area contributed by atoms with Crippen LogP contribution in [0.1, 0.15) is 60.1 Å². The van der Waals surface area contributed by atoms with Crippen LogP contribution in [0.3, 0.4) is 0 Å². The van der Waals surface area contributed by atoms with Crippen molar-refractivity contribution in [2.24, 2.45) is 10.8 Å². The number of rotatable bonds is 5. The molecule has 0 aromatic carbocycles. The number of ketones is 1. The average Bonchev–Trinajstić information content (AvgIpc) is 2.58. The van der Waals surface area contributed by atoms with Crippen molar-refractivity contribution in [2.45, 2.75) is 60.8 Å². The highest BCUT2D eigenvalue weighted by atomic mass is 16.4. The molecule has 0 atom stereocenters. The summed E-state index contributed by atoms with van der Waals surface area (Å²) in [6.45, 7) is 12.1. The summed E-state index contributed by atoms with van der Waals surface area (Å²) in [4.78, 5) is 23.7. The molecule has 4 nitrogen and oxygen atoms in total. The van der Waals surface area contributed by atoms with Crippen LogP contribution < -0.4 is 5.32 Å². The number of Topliss-reactive ketones (excluding diaryl/α,β-unsaturated/α-hetero) is 1. The molecule has 0 saturated heterocycles. The first-order valence-electron chi connectivity index (χ1n) is 7.35. The smallest absolute Gasteiger partial charge is 0.227 e. The molecule has 0 saturated carbocycles. The molecule has 0 aliphatic rings. The van der Waals surface area contributed by atoms with Gasteiger partial charge in [-0.3, -0.25) is 14.9 Å². The number of nitrogens with one attached hydrogen (secondary N) is 1. The lowest BCUT2D eigenvalue weighted by atomic mass is 9.89. The highest BCUT2D eigenvalue weighted by molar-refractivity contribution is 5.89. The van der Waals surface area contributed by atoms with Crippen molar-refractivity contribution in [3.63, 3.8) is 0 Å². The molecule has 4 heteroatoms. The SMILES string of the molecule is CC(C)(C)CC(=O)Cc1ccc(NC(=O)CC(C)(C)C)o1. The predicted octanol–water partition coefficient (Wildman–Crippen LogP) is 4.20. The van der Waals surface area contributed by atoms with E-state index in [-0.39, 0.29) is 28.9 Å². The summed E-state index contributed by atoms with van der Waals surface area (Å²) in [6.07, 6.45) is 1.21. The minimum Gasteiger partial charge on any atom is -0.445 e. The number of hydrogen-bond acceptors (Lipinski definition) is 3. The van der Waals surface area contributed by atoms with Crippen LogP contribution in [0.5, 0.6) is 0 Å². The standard InChI is InChI=1S/C17H27NO3/c1-16(2,3)10-12(19)9-13-7-8-15(21-13)18-14(20)11-17(4,5)6/h7-8H,9-11H2,1-6H3,(H,18,20). The van der Waals surface area contributed by atoms with Gasteiger partial charge in [-0.25, -0.2) is 0 Å². The van der Waals surface area contributed by atoms with E-state index >= 15 is 0 Å². The van der Waals surface area contributed by atoms with Crippen molar-refractivity contribution in [3.8, 4) is 0 Å². The predicted molar refractivity (Wildman–Crippen MR) is 84.2 cm³/mol. The van der Waals surface area contributed by atoms with Crippen LogP contribution in [0.2, 0.25) is 0 Å². The molecule has 1 aromatic heterocycles. The fourth-order valence-electron chi connectivity index (χ4n) is 2.05. The molecular formula is C17H27NO3. The van der Waals surface area contributed by atoms with Gasteiger partial charge in [-0.2, -0.15) is 0 Å². The van der Waals surface area contributed by atoms with Crippen molar-refractivity contribution in [1.82, 2.24) is 0 Å². The minimum absolute atomic E-state index is 0.0204. The van der Waals surface area contributed by atoms with Gasteiger partial charge in [0.25, 0.3) is 0 Å². The first-order chi connectivity index (χ1) is 9.44. The van der Waals surface area contributed by atoms with Gasteiger partial charge in [-0.1, -0.05) is 41.5 Å².